The van der Waals surface area contributed by atoms with E-state index >= 15 is 0 Å². The van der Waals surface area contributed by atoms with Gasteiger partial charge in [0.15, 0.2) is 5.78 Å². The first-order chi connectivity index (χ1) is 13.0. The second kappa shape index (κ2) is 8.22. The van der Waals surface area contributed by atoms with E-state index in [4.69, 9.17) is 20.8 Å². The highest BCUT2D eigenvalue weighted by Crippen LogP contribution is 2.26. The van der Waals surface area contributed by atoms with Crippen molar-refractivity contribution in [3.05, 3.63) is 76.2 Å². The Bertz CT molecular complexity index is 991. The monoisotopic (exact) mass is 388 g/mol. The third kappa shape index (κ3) is 4.46. The van der Waals surface area contributed by atoms with Crippen molar-refractivity contribution in [2.75, 3.05) is 0 Å². The number of ketones is 1. The molecule has 1 aromatic carbocycles. The van der Waals surface area contributed by atoms with Crippen molar-refractivity contribution in [1.29, 1.82) is 0 Å². The molecule has 0 saturated carbocycles. The molecule has 3 aromatic rings. The van der Waals surface area contributed by atoms with E-state index in [1.807, 2.05) is 13.8 Å². The van der Waals surface area contributed by atoms with Gasteiger partial charge >= 0.3 is 0 Å². The second-order valence-electron chi connectivity index (χ2n) is 5.82. The summed E-state index contributed by atoms with van der Waals surface area (Å²) in [5.41, 5.74) is 1.39. The van der Waals surface area contributed by atoms with E-state index in [-0.39, 0.29) is 17.4 Å². The highest BCUT2D eigenvalue weighted by Gasteiger charge is 2.11. The first kappa shape index (κ1) is 18.9. The van der Waals surface area contributed by atoms with Crippen LogP contribution >= 0.6 is 11.6 Å². The second-order valence-corrected chi connectivity index (χ2v) is 6.23. The van der Waals surface area contributed by atoms with Crippen LogP contribution in [0.2, 0.25) is 5.02 Å². The molecular weight excluding hydrogens is 371 g/mol. The van der Waals surface area contributed by atoms with E-state index < -0.39 is 5.82 Å². The van der Waals surface area contributed by atoms with Gasteiger partial charge in [-0.25, -0.2) is 4.39 Å². The van der Waals surface area contributed by atoms with Gasteiger partial charge in [-0.1, -0.05) is 11.6 Å². The van der Waals surface area contributed by atoms with Crippen molar-refractivity contribution in [3.8, 4) is 5.75 Å². The summed E-state index contributed by atoms with van der Waals surface area (Å²) in [5, 5.41) is 4.36. The molecule has 0 atom stereocenters. The van der Waals surface area contributed by atoms with Crippen molar-refractivity contribution in [1.82, 2.24) is 9.78 Å². The third-order valence-electron chi connectivity index (χ3n) is 4.01. The Labute approximate surface area is 161 Å². The lowest BCUT2D eigenvalue weighted by molar-refractivity contribution is 0.104. The fourth-order valence-electron chi connectivity index (χ4n) is 2.56. The molecule has 2 aromatic heterocycles. The molecule has 0 aliphatic rings. The van der Waals surface area contributed by atoms with Gasteiger partial charge in [0.25, 0.3) is 0 Å². The Morgan fingerprint density at radius 1 is 1.37 bits per heavy atom. The van der Waals surface area contributed by atoms with Gasteiger partial charge < -0.3 is 9.15 Å². The van der Waals surface area contributed by atoms with E-state index in [0.717, 1.165) is 5.69 Å². The zero-order chi connectivity index (χ0) is 19.4. The van der Waals surface area contributed by atoms with Gasteiger partial charge in [-0.2, -0.15) is 5.10 Å². The number of nitrogens with zero attached hydrogens (tertiary/aromatic N) is 2. The Kier molecular flexibility index (Phi) is 5.76. The van der Waals surface area contributed by atoms with Crippen molar-refractivity contribution < 1.29 is 18.3 Å². The SMILES string of the molecule is CCn1ncc(C(=O)/C=C/c2ccc(COc3ccc(F)cc3Cl)o2)c1C. The van der Waals surface area contributed by atoms with Crippen LogP contribution < -0.4 is 4.74 Å². The highest BCUT2D eigenvalue weighted by atomic mass is 35.5. The quantitative estimate of drug-likeness (QED) is 0.418. The normalized spacial score (nSPS) is 11.3. The van der Waals surface area contributed by atoms with E-state index in [2.05, 4.69) is 5.10 Å². The first-order valence-electron chi connectivity index (χ1n) is 8.39. The van der Waals surface area contributed by atoms with Crippen molar-refractivity contribution in [2.45, 2.75) is 27.0 Å². The number of hydrogen-bond donors (Lipinski definition) is 0. The van der Waals surface area contributed by atoms with Crippen LogP contribution in [-0.4, -0.2) is 15.6 Å². The van der Waals surface area contributed by atoms with Crippen LogP contribution in [0.5, 0.6) is 5.75 Å². The molecule has 0 spiro atoms. The number of allylic oxidation sites excluding steroid dienone is 1. The molecule has 0 radical (unpaired) electrons. The molecule has 140 valence electrons. The zero-order valence-corrected chi connectivity index (χ0v) is 15.7. The van der Waals surface area contributed by atoms with Gasteiger partial charge in [0.2, 0.25) is 0 Å². The summed E-state index contributed by atoms with van der Waals surface area (Å²) in [4.78, 5) is 12.3. The molecule has 0 N–H and O–H groups in total. The summed E-state index contributed by atoms with van der Waals surface area (Å²) < 4.78 is 25.9. The minimum atomic E-state index is -0.429. The summed E-state index contributed by atoms with van der Waals surface area (Å²) in [6, 6.07) is 7.38. The zero-order valence-electron chi connectivity index (χ0n) is 14.9. The van der Waals surface area contributed by atoms with Crippen LogP contribution in [0.25, 0.3) is 6.08 Å². The average Bonchev–Trinajstić information content (AvgIpc) is 3.25. The lowest BCUT2D eigenvalue weighted by Crippen LogP contribution is -2.01. The summed E-state index contributed by atoms with van der Waals surface area (Å²) in [5.74, 6) is 0.872. The summed E-state index contributed by atoms with van der Waals surface area (Å²) in [6.45, 7) is 4.67. The Balaban J connectivity index is 1.62. The lowest BCUT2D eigenvalue weighted by atomic mass is 10.1. The largest absolute Gasteiger partial charge is 0.484 e. The van der Waals surface area contributed by atoms with Gasteiger partial charge in [0.05, 0.1) is 16.8 Å². The fraction of sp³-hybridized carbons (Fsp3) is 0.200. The molecule has 0 fully saturated rings. The lowest BCUT2D eigenvalue weighted by Gasteiger charge is -2.05. The van der Waals surface area contributed by atoms with Crippen LogP contribution in [0.3, 0.4) is 0 Å². The predicted molar refractivity (Wildman–Crippen MR) is 100 cm³/mol. The molecule has 0 unspecified atom stereocenters. The van der Waals surface area contributed by atoms with Gasteiger partial charge in [-0.15, -0.1) is 0 Å². The number of ether oxygens (including phenoxy) is 1. The van der Waals surface area contributed by atoms with Crippen molar-refractivity contribution >= 4 is 23.5 Å². The Morgan fingerprint density at radius 3 is 2.89 bits per heavy atom. The molecule has 0 aliphatic carbocycles. The molecule has 0 saturated heterocycles. The number of halogens is 2. The molecule has 3 rings (SSSR count). The van der Waals surface area contributed by atoms with E-state index in [0.29, 0.717) is 29.4 Å². The van der Waals surface area contributed by atoms with E-state index in [1.54, 1.807) is 29.1 Å². The minimum Gasteiger partial charge on any atom is -0.484 e. The first-order valence-corrected chi connectivity index (χ1v) is 8.77. The molecule has 0 aliphatic heterocycles. The standard InChI is InChI=1S/C20H18ClFN2O3/c1-3-24-13(2)17(11-23-24)19(25)8-7-15-5-6-16(27-15)12-26-20-9-4-14(22)10-18(20)21/h4-11H,3,12H2,1-2H3/b8-7+. The van der Waals surface area contributed by atoms with Crippen molar-refractivity contribution in [3.63, 3.8) is 0 Å². The van der Waals surface area contributed by atoms with Gasteiger partial charge in [-0.3, -0.25) is 9.48 Å². The van der Waals surface area contributed by atoms with E-state index in [9.17, 15) is 9.18 Å². The predicted octanol–water partition coefficient (Wildman–Crippen LogP) is 5.07. The minimum absolute atomic E-state index is 0.134. The summed E-state index contributed by atoms with van der Waals surface area (Å²) in [6.07, 6.45) is 4.61. The molecule has 7 heteroatoms. The number of aromatic nitrogens is 2. The maximum Gasteiger partial charge on any atom is 0.189 e. The number of carbonyl (C=O) groups excluding carboxylic acids is 1. The maximum absolute atomic E-state index is 13.0. The smallest absolute Gasteiger partial charge is 0.189 e. The van der Waals surface area contributed by atoms with Crippen LogP contribution in [0.4, 0.5) is 4.39 Å². The van der Waals surface area contributed by atoms with Crippen LogP contribution in [0, 0.1) is 12.7 Å². The molecule has 0 amide bonds. The highest BCUT2D eigenvalue weighted by molar-refractivity contribution is 6.32. The average molecular weight is 389 g/mol. The summed E-state index contributed by atoms with van der Waals surface area (Å²) >= 11 is 5.92. The number of furan rings is 1. The number of benzene rings is 1. The molecule has 2 heterocycles. The molecule has 27 heavy (non-hydrogen) atoms. The number of rotatable bonds is 7. The van der Waals surface area contributed by atoms with Crippen LogP contribution in [0.1, 0.15) is 34.5 Å². The Hall–Kier alpha value is -2.86. The number of hydrogen-bond acceptors (Lipinski definition) is 4. The van der Waals surface area contributed by atoms with Crippen molar-refractivity contribution in [2.24, 2.45) is 0 Å². The molecular formula is C20H18ClFN2O3. The molecule has 5 nitrogen and oxygen atoms in total. The van der Waals surface area contributed by atoms with Gasteiger partial charge in [-0.05, 0) is 56.3 Å². The third-order valence-corrected chi connectivity index (χ3v) is 4.31. The number of aryl methyl sites for hydroxylation is 1. The number of carbonyl (C=O) groups is 1. The van der Waals surface area contributed by atoms with Gasteiger partial charge in [0.1, 0.15) is 29.7 Å². The molecule has 0 bridgehead atoms. The van der Waals surface area contributed by atoms with Crippen LogP contribution in [0.15, 0.2) is 47.0 Å². The fourth-order valence-corrected chi connectivity index (χ4v) is 2.78. The topological polar surface area (TPSA) is 57.3 Å². The maximum atomic E-state index is 13.0. The Morgan fingerprint density at radius 2 is 2.19 bits per heavy atom. The summed E-state index contributed by atoms with van der Waals surface area (Å²) in [7, 11) is 0. The van der Waals surface area contributed by atoms with Crippen LogP contribution in [-0.2, 0) is 13.2 Å². The van der Waals surface area contributed by atoms with Gasteiger partial charge in [0, 0.05) is 12.2 Å². The van der Waals surface area contributed by atoms with E-state index in [1.165, 1.54) is 24.3 Å².